The first kappa shape index (κ1) is 29.3. The summed E-state index contributed by atoms with van der Waals surface area (Å²) in [6.07, 6.45) is -1.86. The predicted molar refractivity (Wildman–Crippen MR) is 130 cm³/mol. The number of aromatic nitrogens is 2. The summed E-state index contributed by atoms with van der Waals surface area (Å²) in [6, 6.07) is 3.47. The average Bonchev–Trinajstić information content (AvgIpc) is 3.52. The van der Waals surface area contributed by atoms with E-state index in [1.165, 1.54) is 0 Å². The van der Waals surface area contributed by atoms with Gasteiger partial charge in [0.25, 0.3) is 0 Å². The van der Waals surface area contributed by atoms with Gasteiger partial charge >= 0.3 is 16.3 Å². The molecule has 2 amide bonds. The number of carboxylic acid groups (broad SMARTS) is 1. The van der Waals surface area contributed by atoms with Gasteiger partial charge in [0.15, 0.2) is 5.69 Å². The van der Waals surface area contributed by atoms with E-state index in [0.29, 0.717) is 15.6 Å². The molecule has 18 heteroatoms. The third-order valence-electron chi connectivity index (χ3n) is 6.14. The van der Waals surface area contributed by atoms with E-state index in [1.54, 1.807) is 6.07 Å². The highest BCUT2D eigenvalue weighted by molar-refractivity contribution is 8.45. The van der Waals surface area contributed by atoms with Gasteiger partial charge in [-0.3, -0.25) is 9.69 Å². The molecule has 0 aliphatic heterocycles. The minimum Gasteiger partial charge on any atom is -0.465 e. The molecule has 0 radical (unpaired) electrons. The molecule has 1 heterocycles. The Balaban J connectivity index is 2.07. The topological polar surface area (TPSA) is 125 Å². The van der Waals surface area contributed by atoms with Crippen molar-refractivity contribution < 1.29 is 42.9 Å². The van der Waals surface area contributed by atoms with Crippen molar-refractivity contribution in [1.29, 1.82) is 5.26 Å². The van der Waals surface area contributed by atoms with Crippen LogP contribution in [0.2, 0.25) is 10.0 Å². The third kappa shape index (κ3) is 5.11. The fourth-order valence-corrected chi connectivity index (χ4v) is 5.56. The highest BCUT2D eigenvalue weighted by Gasteiger charge is 2.66. The summed E-state index contributed by atoms with van der Waals surface area (Å²) < 4.78 is 95.7. The molecule has 3 N–H and O–H groups in total. The third-order valence-corrected chi connectivity index (χ3v) is 7.85. The summed E-state index contributed by atoms with van der Waals surface area (Å²) in [4.78, 5) is 22.7. The van der Waals surface area contributed by atoms with Crippen molar-refractivity contribution in [3.05, 3.63) is 68.8 Å². The quantitative estimate of drug-likeness (QED) is 0.267. The van der Waals surface area contributed by atoms with Crippen LogP contribution in [0.1, 0.15) is 29.7 Å². The molecule has 1 aromatic heterocycles. The number of nitriles is 1. The van der Waals surface area contributed by atoms with Crippen LogP contribution >= 0.6 is 33.4 Å². The van der Waals surface area contributed by atoms with Crippen molar-refractivity contribution in [3.8, 4) is 11.8 Å². The molecule has 8 nitrogen and oxygen atoms in total. The van der Waals surface area contributed by atoms with Crippen molar-refractivity contribution in [3.63, 3.8) is 0 Å². The molecular weight excluding hydrogens is 618 g/mol. The van der Waals surface area contributed by atoms with Crippen molar-refractivity contribution in [2.24, 2.45) is 5.73 Å². The Morgan fingerprint density at radius 2 is 1.70 bits per heavy atom. The smallest absolute Gasteiger partial charge is 0.413 e. The highest BCUT2D eigenvalue weighted by atomic mass is 35.5. The van der Waals surface area contributed by atoms with Crippen LogP contribution in [0.15, 0.2) is 35.2 Å². The first-order chi connectivity index (χ1) is 18.2. The minimum atomic E-state index is -10.3. The number of hydrogen-bond donors (Lipinski definition) is 2. The highest BCUT2D eigenvalue weighted by Crippen LogP contribution is 3.02. The van der Waals surface area contributed by atoms with Crippen LogP contribution in [0.3, 0.4) is 0 Å². The molecule has 0 saturated heterocycles. The molecule has 1 aliphatic carbocycles. The van der Waals surface area contributed by atoms with Crippen LogP contribution in [0.5, 0.6) is 0 Å². The Kier molecular flexibility index (Phi) is 6.34. The number of rotatable bonds is 7. The van der Waals surface area contributed by atoms with Crippen LogP contribution < -0.4 is 10.6 Å². The van der Waals surface area contributed by atoms with Gasteiger partial charge in [-0.25, -0.2) is 18.3 Å². The van der Waals surface area contributed by atoms with Gasteiger partial charge in [-0.2, -0.15) is 10.4 Å². The van der Waals surface area contributed by atoms with Crippen LogP contribution in [0.25, 0.3) is 5.69 Å². The summed E-state index contributed by atoms with van der Waals surface area (Å²) in [5, 5.41) is 21.5. The predicted octanol–water partition coefficient (Wildman–Crippen LogP) is 7.19. The first-order valence-electron chi connectivity index (χ1n) is 10.7. The van der Waals surface area contributed by atoms with Gasteiger partial charge in [-0.05, 0) is 31.0 Å². The summed E-state index contributed by atoms with van der Waals surface area (Å²) in [5.74, 6) is -3.90. The van der Waals surface area contributed by atoms with Gasteiger partial charge < -0.3 is 10.8 Å². The molecule has 1 fully saturated rings. The van der Waals surface area contributed by atoms with Gasteiger partial charge in [-0.1, -0.05) is 48.7 Å². The standard InChI is InChI=1S/C22H14Cl2F7N5O3S/c23-13-6-12(40(27,28,29,30)31)7-14(24)18(13)36-19(17(16(8-32)34-36)22(3-4-22)20(33)37)35(21(38)39)9-10-1-2-11(25)5-15(10)26/h1-2,5-7H,3-4,9H2,(H2,33,37)(H,38,39). The number of carbonyl (C=O) groups is 2. The lowest BCUT2D eigenvalue weighted by Crippen LogP contribution is -2.35. The Hall–Kier alpha value is -3.68. The molecular formula is C22H14Cl2F7N5O3S. The van der Waals surface area contributed by atoms with Gasteiger partial charge in [0.05, 0.1) is 22.0 Å². The van der Waals surface area contributed by atoms with Crippen molar-refractivity contribution in [1.82, 2.24) is 9.78 Å². The number of nitrogens with two attached hydrogens (primary N) is 1. The maximum Gasteiger partial charge on any atom is 0.413 e. The second kappa shape index (κ2) is 8.66. The fraction of sp³-hybridized carbons (Fsp3) is 0.182. The van der Waals surface area contributed by atoms with E-state index in [0.717, 1.165) is 12.1 Å². The summed E-state index contributed by atoms with van der Waals surface area (Å²) >= 11 is 11.9. The molecule has 4 rings (SSSR count). The van der Waals surface area contributed by atoms with E-state index < -0.39 is 89.1 Å². The van der Waals surface area contributed by atoms with E-state index in [9.17, 15) is 48.2 Å². The van der Waals surface area contributed by atoms with E-state index >= 15 is 0 Å². The number of anilines is 1. The molecule has 1 aliphatic rings. The van der Waals surface area contributed by atoms with Crippen LogP contribution in [-0.2, 0) is 16.8 Å². The minimum absolute atomic E-state index is 0.00130. The lowest BCUT2D eigenvalue weighted by molar-refractivity contribution is -0.120. The number of primary amides is 1. The molecule has 1 saturated carbocycles. The van der Waals surface area contributed by atoms with Crippen molar-refractivity contribution in [2.45, 2.75) is 29.7 Å². The zero-order valence-electron chi connectivity index (χ0n) is 19.4. The maximum absolute atomic E-state index is 14.5. The van der Waals surface area contributed by atoms with Crippen molar-refractivity contribution >= 4 is 51.2 Å². The summed E-state index contributed by atoms with van der Waals surface area (Å²) in [7, 11) is -10.3. The maximum atomic E-state index is 14.5. The van der Waals surface area contributed by atoms with Gasteiger partial charge in [-0.15, -0.1) is 0 Å². The number of halogens is 9. The van der Waals surface area contributed by atoms with Crippen LogP contribution in [0.4, 0.5) is 38.8 Å². The second-order valence-electron chi connectivity index (χ2n) is 8.83. The van der Waals surface area contributed by atoms with E-state index in [4.69, 9.17) is 28.9 Å². The molecule has 0 atom stereocenters. The first-order valence-corrected chi connectivity index (χ1v) is 13.4. The van der Waals surface area contributed by atoms with Crippen molar-refractivity contribution in [2.75, 3.05) is 4.90 Å². The fourth-order valence-electron chi connectivity index (χ4n) is 4.10. The number of amides is 2. The van der Waals surface area contributed by atoms with Crippen LogP contribution in [-0.4, -0.2) is 26.9 Å². The molecule has 214 valence electrons. The average molecular weight is 632 g/mol. The molecule has 0 bridgehead atoms. The Morgan fingerprint density at radius 1 is 1.12 bits per heavy atom. The number of carbonyl (C=O) groups excluding carboxylic acids is 1. The van der Waals surface area contributed by atoms with Gasteiger partial charge in [0.2, 0.25) is 5.91 Å². The molecule has 3 aromatic rings. The second-order valence-corrected chi connectivity index (χ2v) is 12.0. The molecule has 40 heavy (non-hydrogen) atoms. The normalized spacial score (nSPS) is 16.0. The lowest BCUT2D eigenvalue weighted by atomic mass is 9.94. The van der Waals surface area contributed by atoms with Crippen LogP contribution in [0, 0.1) is 23.0 Å². The number of benzene rings is 2. The van der Waals surface area contributed by atoms with E-state index in [2.05, 4.69) is 5.10 Å². The number of hydrogen-bond acceptors (Lipinski definition) is 4. The Morgan fingerprint density at radius 3 is 2.12 bits per heavy atom. The van der Waals surface area contributed by atoms with Gasteiger partial charge in [0.1, 0.15) is 34.1 Å². The summed E-state index contributed by atoms with van der Waals surface area (Å²) in [5.41, 5.74) is 1.67. The monoisotopic (exact) mass is 631 g/mol. The Labute approximate surface area is 230 Å². The van der Waals surface area contributed by atoms with E-state index in [1.807, 2.05) is 0 Å². The number of nitrogens with zero attached hydrogens (tertiary/aromatic N) is 4. The van der Waals surface area contributed by atoms with E-state index in [-0.39, 0.29) is 25.0 Å². The van der Waals surface area contributed by atoms with Gasteiger partial charge in [0, 0.05) is 17.2 Å². The zero-order valence-corrected chi connectivity index (χ0v) is 21.8. The molecule has 0 spiro atoms. The molecule has 0 unspecified atom stereocenters. The molecule has 2 aromatic carbocycles. The Bertz CT molecular complexity index is 1630. The largest absolute Gasteiger partial charge is 0.465 e. The zero-order chi connectivity index (χ0) is 30.1. The summed E-state index contributed by atoms with van der Waals surface area (Å²) in [6.45, 7) is -0.904. The lowest BCUT2D eigenvalue weighted by Gasteiger charge is -2.40. The SMILES string of the molecule is N#Cc1nn(-c2c(Cl)cc(S(F)(F)(F)(F)F)cc2Cl)c(N(Cc2ccc(F)cc2F)C(=O)O)c1C1(C(N)=O)CC1.